The Labute approximate surface area is 146 Å². The van der Waals surface area contributed by atoms with Crippen molar-refractivity contribution in [1.82, 2.24) is 9.71 Å². The average Bonchev–Trinajstić information content (AvgIpc) is 2.84. The van der Waals surface area contributed by atoms with Crippen molar-refractivity contribution in [2.75, 3.05) is 0 Å². The molecular formula is C17H22N2O3S2. The van der Waals surface area contributed by atoms with Crippen molar-refractivity contribution in [3.05, 3.63) is 45.9 Å². The van der Waals surface area contributed by atoms with Gasteiger partial charge in [-0.2, -0.15) is 0 Å². The Bertz CT molecular complexity index is 796. The zero-order valence-electron chi connectivity index (χ0n) is 13.8. The molecule has 1 atom stereocenters. The van der Waals surface area contributed by atoms with Crippen LogP contribution in [0.25, 0.3) is 0 Å². The Morgan fingerprint density at radius 2 is 2.12 bits per heavy atom. The molecule has 1 fully saturated rings. The van der Waals surface area contributed by atoms with Gasteiger partial charge in [0.1, 0.15) is 0 Å². The first-order valence-electron chi connectivity index (χ1n) is 8.02. The summed E-state index contributed by atoms with van der Waals surface area (Å²) in [5.41, 5.74) is 0.852. The maximum Gasteiger partial charge on any atom is 0.241 e. The van der Waals surface area contributed by atoms with E-state index in [9.17, 15) is 13.5 Å². The Hall–Kier alpha value is -1.28. The van der Waals surface area contributed by atoms with Crippen LogP contribution in [0.1, 0.15) is 28.3 Å². The van der Waals surface area contributed by atoms with Gasteiger partial charge >= 0.3 is 0 Å². The lowest BCUT2D eigenvalue weighted by molar-refractivity contribution is 0.0282. The fourth-order valence-corrected chi connectivity index (χ4v) is 6.00. The normalized spacial score (nSPS) is 22.1. The molecule has 24 heavy (non-hydrogen) atoms. The standard InChI is InChI=1S/C17H22N2O3S2/c1-11-7-17(12(2)23-11)24(21,22)19-16(13-8-15(20)9-13)10-14-5-3-4-6-18-14/h3-7,13,15-16,19-20H,8-10H2,1-2H3. The molecule has 1 unspecified atom stereocenters. The van der Waals surface area contributed by atoms with Gasteiger partial charge in [0.05, 0.1) is 11.0 Å². The first-order chi connectivity index (χ1) is 11.3. The van der Waals surface area contributed by atoms with Crippen molar-refractivity contribution >= 4 is 21.4 Å². The first-order valence-corrected chi connectivity index (χ1v) is 10.3. The molecule has 0 aliphatic heterocycles. The molecule has 3 rings (SSSR count). The maximum atomic E-state index is 12.8. The summed E-state index contributed by atoms with van der Waals surface area (Å²) in [7, 11) is -3.58. The molecule has 0 bridgehead atoms. The summed E-state index contributed by atoms with van der Waals surface area (Å²) in [6.07, 6.45) is 3.17. The van der Waals surface area contributed by atoms with E-state index in [2.05, 4.69) is 9.71 Å². The number of aryl methyl sites for hydroxylation is 2. The third-order valence-electron chi connectivity index (χ3n) is 4.47. The van der Waals surface area contributed by atoms with Gasteiger partial charge in [-0.3, -0.25) is 4.98 Å². The number of nitrogens with zero attached hydrogens (tertiary/aromatic N) is 1. The summed E-state index contributed by atoms with van der Waals surface area (Å²) in [5, 5.41) is 9.60. The van der Waals surface area contributed by atoms with E-state index >= 15 is 0 Å². The highest BCUT2D eigenvalue weighted by atomic mass is 32.2. The fraction of sp³-hybridized carbons (Fsp3) is 0.471. The predicted octanol–water partition coefficient (Wildman–Crippen LogP) is 2.42. The number of aliphatic hydroxyl groups excluding tert-OH is 1. The van der Waals surface area contributed by atoms with E-state index in [1.54, 1.807) is 12.3 Å². The van der Waals surface area contributed by atoms with Gasteiger partial charge in [-0.25, -0.2) is 13.1 Å². The van der Waals surface area contributed by atoms with Crippen LogP contribution in [0.5, 0.6) is 0 Å². The molecule has 1 aliphatic rings. The van der Waals surface area contributed by atoms with Gasteiger partial charge < -0.3 is 5.11 Å². The molecule has 2 heterocycles. The zero-order chi connectivity index (χ0) is 17.3. The number of aromatic nitrogens is 1. The van der Waals surface area contributed by atoms with Crippen LogP contribution in [-0.4, -0.2) is 30.7 Å². The van der Waals surface area contributed by atoms with Gasteiger partial charge in [0, 0.05) is 34.1 Å². The highest BCUT2D eigenvalue weighted by Gasteiger charge is 2.37. The molecule has 1 saturated carbocycles. The second-order valence-corrected chi connectivity index (χ2v) is 9.56. The Kier molecular flexibility index (Phi) is 5.05. The molecule has 130 valence electrons. The maximum absolute atomic E-state index is 12.8. The van der Waals surface area contributed by atoms with Crippen LogP contribution in [-0.2, 0) is 16.4 Å². The smallest absolute Gasteiger partial charge is 0.241 e. The van der Waals surface area contributed by atoms with Gasteiger partial charge in [-0.15, -0.1) is 11.3 Å². The van der Waals surface area contributed by atoms with E-state index in [4.69, 9.17) is 0 Å². The van der Waals surface area contributed by atoms with Crippen molar-refractivity contribution in [3.63, 3.8) is 0 Å². The Balaban J connectivity index is 1.82. The van der Waals surface area contributed by atoms with E-state index < -0.39 is 10.0 Å². The number of pyridine rings is 1. The number of sulfonamides is 1. The lowest BCUT2D eigenvalue weighted by atomic mass is 9.76. The molecule has 7 heteroatoms. The number of hydrogen-bond acceptors (Lipinski definition) is 5. The summed E-state index contributed by atoms with van der Waals surface area (Å²) in [4.78, 5) is 6.44. The van der Waals surface area contributed by atoms with Crippen LogP contribution in [0.15, 0.2) is 35.4 Å². The van der Waals surface area contributed by atoms with E-state index in [0.717, 1.165) is 15.4 Å². The predicted molar refractivity (Wildman–Crippen MR) is 94.6 cm³/mol. The van der Waals surface area contributed by atoms with Crippen LogP contribution in [0.2, 0.25) is 0 Å². The summed E-state index contributed by atoms with van der Waals surface area (Å²) in [6.45, 7) is 3.73. The molecular weight excluding hydrogens is 344 g/mol. The summed E-state index contributed by atoms with van der Waals surface area (Å²) < 4.78 is 28.5. The minimum absolute atomic E-state index is 0.136. The Morgan fingerprint density at radius 1 is 1.38 bits per heavy atom. The molecule has 2 aromatic heterocycles. The topological polar surface area (TPSA) is 79.3 Å². The summed E-state index contributed by atoms with van der Waals surface area (Å²) >= 11 is 1.48. The quantitative estimate of drug-likeness (QED) is 0.823. The summed E-state index contributed by atoms with van der Waals surface area (Å²) in [6, 6.07) is 7.10. The first kappa shape index (κ1) is 17.5. The van der Waals surface area contributed by atoms with Crippen molar-refractivity contribution in [2.24, 2.45) is 5.92 Å². The Morgan fingerprint density at radius 3 is 2.67 bits per heavy atom. The lowest BCUT2D eigenvalue weighted by Gasteiger charge is -2.37. The van der Waals surface area contributed by atoms with Crippen LogP contribution >= 0.6 is 11.3 Å². The van der Waals surface area contributed by atoms with Crippen molar-refractivity contribution in [1.29, 1.82) is 0 Å². The highest BCUT2D eigenvalue weighted by molar-refractivity contribution is 7.89. The second-order valence-electron chi connectivity index (χ2n) is 6.42. The second kappa shape index (κ2) is 6.92. The third kappa shape index (κ3) is 3.85. The SMILES string of the molecule is Cc1cc(S(=O)(=O)NC(Cc2ccccn2)C2CC(O)C2)c(C)s1. The monoisotopic (exact) mass is 366 g/mol. The number of aliphatic hydroxyl groups is 1. The van der Waals surface area contributed by atoms with Gasteiger partial charge in [-0.05, 0) is 50.8 Å². The van der Waals surface area contributed by atoms with E-state index in [1.165, 1.54) is 11.3 Å². The van der Waals surface area contributed by atoms with Crippen molar-refractivity contribution < 1.29 is 13.5 Å². The zero-order valence-corrected chi connectivity index (χ0v) is 15.4. The highest BCUT2D eigenvalue weighted by Crippen LogP contribution is 2.33. The largest absolute Gasteiger partial charge is 0.393 e. The van der Waals surface area contributed by atoms with Gasteiger partial charge in [-0.1, -0.05) is 6.07 Å². The molecule has 5 nitrogen and oxygen atoms in total. The molecule has 2 N–H and O–H groups in total. The lowest BCUT2D eigenvalue weighted by Crippen LogP contribution is -2.48. The van der Waals surface area contributed by atoms with Crippen LogP contribution < -0.4 is 4.72 Å². The van der Waals surface area contributed by atoms with Crippen molar-refractivity contribution in [3.8, 4) is 0 Å². The molecule has 0 aromatic carbocycles. The summed E-state index contributed by atoms with van der Waals surface area (Å²) in [5.74, 6) is 0.136. The molecule has 2 aromatic rings. The number of rotatable bonds is 6. The molecule has 0 amide bonds. The van der Waals surface area contributed by atoms with Gasteiger partial charge in [0.15, 0.2) is 0 Å². The fourth-order valence-electron chi connectivity index (χ4n) is 3.14. The molecule has 0 saturated heterocycles. The van der Waals surface area contributed by atoms with E-state index in [1.807, 2.05) is 32.0 Å². The third-order valence-corrected chi connectivity index (χ3v) is 7.18. The number of nitrogens with one attached hydrogen (secondary N) is 1. The number of thiophene rings is 1. The average molecular weight is 367 g/mol. The van der Waals surface area contributed by atoms with Crippen LogP contribution in [0.4, 0.5) is 0 Å². The van der Waals surface area contributed by atoms with E-state index in [-0.39, 0.29) is 18.1 Å². The van der Waals surface area contributed by atoms with Crippen LogP contribution in [0, 0.1) is 19.8 Å². The van der Waals surface area contributed by atoms with E-state index in [0.29, 0.717) is 24.2 Å². The minimum atomic E-state index is -3.58. The molecule has 0 spiro atoms. The molecule has 0 radical (unpaired) electrons. The van der Waals surface area contributed by atoms with Gasteiger partial charge in [0.25, 0.3) is 0 Å². The van der Waals surface area contributed by atoms with Gasteiger partial charge in [0.2, 0.25) is 10.0 Å². The number of hydrogen-bond donors (Lipinski definition) is 2. The minimum Gasteiger partial charge on any atom is -0.393 e. The van der Waals surface area contributed by atoms with Crippen molar-refractivity contribution in [2.45, 2.75) is 50.2 Å². The van der Waals surface area contributed by atoms with Crippen LogP contribution in [0.3, 0.4) is 0 Å². The molecule has 1 aliphatic carbocycles.